The van der Waals surface area contributed by atoms with Crippen LogP contribution in [0.4, 0.5) is 0 Å². The van der Waals surface area contributed by atoms with Crippen molar-refractivity contribution in [2.75, 3.05) is 0 Å². The molecule has 1 N–H and O–H groups in total. The molecule has 1 saturated heterocycles. The van der Waals surface area contributed by atoms with E-state index in [1.807, 2.05) is 48.5 Å². The first-order chi connectivity index (χ1) is 21.5. The van der Waals surface area contributed by atoms with E-state index in [2.05, 4.69) is 46.9 Å². The molecule has 1 aliphatic heterocycles. The van der Waals surface area contributed by atoms with Crippen molar-refractivity contribution in [2.45, 2.75) is 123 Å². The van der Waals surface area contributed by atoms with Crippen LogP contribution in [0, 0.1) is 0 Å². The van der Waals surface area contributed by atoms with Gasteiger partial charge in [0, 0.05) is 29.5 Å². The Morgan fingerprint density at radius 1 is 0.778 bits per heavy atom. The number of hydrogen-bond acceptors (Lipinski definition) is 6. The molecule has 1 unspecified atom stereocenters. The normalized spacial score (nSPS) is 16.5. The second kappa shape index (κ2) is 15.6. The Kier molecular flexibility index (Phi) is 11.8. The largest absolute Gasteiger partial charge is 0.490 e. The monoisotopic (exact) mass is 613 g/mol. The number of rotatable bonds is 14. The van der Waals surface area contributed by atoms with Crippen LogP contribution in [0.25, 0.3) is 11.1 Å². The minimum absolute atomic E-state index is 0.156. The molecule has 0 radical (unpaired) electrons. The Morgan fingerprint density at radius 2 is 1.44 bits per heavy atom. The third kappa shape index (κ3) is 10.2. The molecule has 242 valence electrons. The van der Waals surface area contributed by atoms with Gasteiger partial charge in [-0.25, -0.2) is 9.59 Å². The number of unbranched alkanes of at least 4 members (excludes halogenated alkanes) is 3. The summed E-state index contributed by atoms with van der Waals surface area (Å²) in [5.41, 5.74) is 2.04. The maximum atomic E-state index is 13.4. The highest BCUT2D eigenvalue weighted by Gasteiger charge is 2.39. The van der Waals surface area contributed by atoms with Gasteiger partial charge in [-0.2, -0.15) is 0 Å². The molecule has 1 aliphatic rings. The number of nitrogens with one attached hydrogen (secondary N) is 1. The lowest BCUT2D eigenvalue weighted by atomic mass is 9.81. The van der Waals surface area contributed by atoms with Crippen LogP contribution in [0.1, 0.15) is 120 Å². The van der Waals surface area contributed by atoms with Gasteiger partial charge < -0.3 is 19.5 Å². The zero-order chi connectivity index (χ0) is 32.5. The van der Waals surface area contributed by atoms with E-state index in [-0.39, 0.29) is 23.3 Å². The highest BCUT2D eigenvalue weighted by atomic mass is 16.5. The third-order valence-corrected chi connectivity index (χ3v) is 8.31. The van der Waals surface area contributed by atoms with Gasteiger partial charge in [-0.1, -0.05) is 69.9 Å². The fraction of sp³-hybridized carbons (Fsp3) is 0.487. The van der Waals surface area contributed by atoms with Crippen LogP contribution in [0.2, 0.25) is 0 Å². The minimum Gasteiger partial charge on any atom is -0.490 e. The van der Waals surface area contributed by atoms with Crippen molar-refractivity contribution in [3.8, 4) is 22.6 Å². The van der Waals surface area contributed by atoms with Crippen LogP contribution in [-0.2, 0) is 4.74 Å². The molecule has 1 fully saturated rings. The second-order valence-corrected chi connectivity index (χ2v) is 13.7. The summed E-state index contributed by atoms with van der Waals surface area (Å²) in [4.78, 5) is 26.8. The standard InChI is InChI=1S/C39H51NO5/c1-7-9-10-14-18-31(15-8-2)43-32-22-19-29(20-23-32)36(41)45-35-25-30(21-24-34(35)28-16-12-11-13-17-28)37(42)44-33-26-38(3,4)40-39(5,6)27-33/h11-13,16-17,19-25,31,33,40H,7-10,14-15,18,26-27H2,1-6H3. The Morgan fingerprint density at radius 3 is 2.09 bits per heavy atom. The number of carbonyl (C=O) groups excluding carboxylic acids is 2. The first-order valence-corrected chi connectivity index (χ1v) is 16.7. The van der Waals surface area contributed by atoms with E-state index in [0.717, 1.165) is 42.6 Å². The van der Waals surface area contributed by atoms with E-state index < -0.39 is 11.9 Å². The smallest absolute Gasteiger partial charge is 0.343 e. The maximum Gasteiger partial charge on any atom is 0.343 e. The lowest BCUT2D eigenvalue weighted by molar-refractivity contribution is -0.00644. The van der Waals surface area contributed by atoms with E-state index in [4.69, 9.17) is 14.2 Å². The van der Waals surface area contributed by atoms with E-state index in [0.29, 0.717) is 29.7 Å². The average Bonchev–Trinajstić information content (AvgIpc) is 2.98. The fourth-order valence-corrected chi connectivity index (χ4v) is 6.53. The number of piperidine rings is 1. The molecule has 0 aliphatic carbocycles. The first-order valence-electron chi connectivity index (χ1n) is 16.7. The maximum absolute atomic E-state index is 13.4. The van der Waals surface area contributed by atoms with Crippen molar-refractivity contribution in [3.05, 3.63) is 83.9 Å². The van der Waals surface area contributed by atoms with Crippen molar-refractivity contribution in [1.82, 2.24) is 5.32 Å². The lowest BCUT2D eigenvalue weighted by Crippen LogP contribution is -2.59. The van der Waals surface area contributed by atoms with Gasteiger partial charge in [-0.05, 0) is 95.0 Å². The highest BCUT2D eigenvalue weighted by molar-refractivity contribution is 5.95. The van der Waals surface area contributed by atoms with Crippen molar-refractivity contribution < 1.29 is 23.8 Å². The molecule has 3 aromatic carbocycles. The zero-order valence-electron chi connectivity index (χ0n) is 28.0. The summed E-state index contributed by atoms with van der Waals surface area (Å²) in [7, 11) is 0. The Labute approximate surface area is 269 Å². The van der Waals surface area contributed by atoms with Gasteiger partial charge in [0.05, 0.1) is 17.2 Å². The summed E-state index contributed by atoms with van der Waals surface area (Å²) in [5.74, 6) is 0.125. The van der Waals surface area contributed by atoms with E-state index >= 15 is 0 Å². The number of benzene rings is 3. The lowest BCUT2D eigenvalue weighted by Gasteiger charge is -2.45. The molecule has 1 atom stereocenters. The van der Waals surface area contributed by atoms with E-state index in [1.165, 1.54) is 19.3 Å². The van der Waals surface area contributed by atoms with Gasteiger partial charge in [-0.3, -0.25) is 0 Å². The van der Waals surface area contributed by atoms with Gasteiger partial charge in [-0.15, -0.1) is 0 Å². The Balaban J connectivity index is 1.50. The summed E-state index contributed by atoms with van der Waals surface area (Å²) < 4.78 is 18.3. The van der Waals surface area contributed by atoms with Crippen LogP contribution in [0.3, 0.4) is 0 Å². The molecule has 0 amide bonds. The molecule has 0 spiro atoms. The quantitative estimate of drug-likeness (QED) is 0.111. The summed E-state index contributed by atoms with van der Waals surface area (Å²) in [6, 6.07) is 22.0. The number of hydrogen-bond donors (Lipinski definition) is 1. The van der Waals surface area contributed by atoms with Gasteiger partial charge in [0.15, 0.2) is 0 Å². The van der Waals surface area contributed by atoms with Crippen molar-refractivity contribution in [3.63, 3.8) is 0 Å². The molecule has 0 aromatic heterocycles. The summed E-state index contributed by atoms with van der Waals surface area (Å²) >= 11 is 0. The van der Waals surface area contributed by atoms with Crippen molar-refractivity contribution in [1.29, 1.82) is 0 Å². The number of carbonyl (C=O) groups is 2. The second-order valence-electron chi connectivity index (χ2n) is 13.7. The molecule has 6 nitrogen and oxygen atoms in total. The Bertz CT molecular complexity index is 1380. The summed E-state index contributed by atoms with van der Waals surface area (Å²) in [5, 5.41) is 3.62. The molecule has 3 aromatic rings. The van der Waals surface area contributed by atoms with Crippen LogP contribution in [0.5, 0.6) is 11.5 Å². The van der Waals surface area contributed by atoms with Gasteiger partial charge >= 0.3 is 11.9 Å². The molecule has 0 bridgehead atoms. The number of ether oxygens (including phenoxy) is 3. The van der Waals surface area contributed by atoms with Crippen molar-refractivity contribution >= 4 is 11.9 Å². The van der Waals surface area contributed by atoms with Gasteiger partial charge in [0.1, 0.15) is 17.6 Å². The topological polar surface area (TPSA) is 73.9 Å². The third-order valence-electron chi connectivity index (χ3n) is 8.31. The minimum atomic E-state index is -0.504. The van der Waals surface area contributed by atoms with Crippen LogP contribution < -0.4 is 14.8 Å². The van der Waals surface area contributed by atoms with Crippen LogP contribution in [0.15, 0.2) is 72.8 Å². The molecule has 1 heterocycles. The summed E-state index contributed by atoms with van der Waals surface area (Å²) in [6.45, 7) is 12.9. The molecule has 4 rings (SSSR count). The van der Waals surface area contributed by atoms with Gasteiger partial charge in [0.2, 0.25) is 0 Å². The average molecular weight is 614 g/mol. The highest BCUT2D eigenvalue weighted by Crippen LogP contribution is 2.34. The Hall–Kier alpha value is -3.64. The molecule has 0 saturated carbocycles. The predicted octanol–water partition coefficient (Wildman–Crippen LogP) is 9.56. The van der Waals surface area contributed by atoms with Gasteiger partial charge in [0.25, 0.3) is 0 Å². The van der Waals surface area contributed by atoms with Crippen molar-refractivity contribution in [2.24, 2.45) is 0 Å². The molecular formula is C39H51NO5. The zero-order valence-corrected chi connectivity index (χ0v) is 28.0. The summed E-state index contributed by atoms with van der Waals surface area (Å²) in [6.07, 6.45) is 9.32. The molecular weight excluding hydrogens is 562 g/mol. The van der Waals surface area contributed by atoms with E-state index in [1.54, 1.807) is 24.3 Å². The van der Waals surface area contributed by atoms with Crippen LogP contribution >= 0.6 is 0 Å². The van der Waals surface area contributed by atoms with Crippen LogP contribution in [-0.4, -0.2) is 35.2 Å². The molecule has 6 heteroatoms. The predicted molar refractivity (Wildman–Crippen MR) is 181 cm³/mol. The van der Waals surface area contributed by atoms with E-state index in [9.17, 15) is 9.59 Å². The SMILES string of the molecule is CCCCCCC(CCC)Oc1ccc(C(=O)Oc2cc(C(=O)OC3CC(C)(C)NC(C)(C)C3)ccc2-c2ccccc2)cc1. The fourth-order valence-electron chi connectivity index (χ4n) is 6.53. The number of esters is 2. The first kappa shape index (κ1) is 34.2. The molecule has 45 heavy (non-hydrogen) atoms.